The SMILES string of the molecule is Cc1ccc(Oc2c(Cl)cccc2C(=O)O)c(Cl)c1. The molecule has 0 saturated carbocycles. The van der Waals surface area contributed by atoms with Crippen LogP contribution in [0.4, 0.5) is 0 Å². The van der Waals surface area contributed by atoms with Gasteiger partial charge in [0.1, 0.15) is 11.3 Å². The quantitative estimate of drug-likeness (QED) is 0.885. The number of para-hydroxylation sites is 1. The van der Waals surface area contributed by atoms with Crippen molar-refractivity contribution in [2.75, 3.05) is 0 Å². The Morgan fingerprint density at radius 1 is 1.16 bits per heavy atom. The van der Waals surface area contributed by atoms with Crippen LogP contribution < -0.4 is 4.74 Å². The number of hydrogen-bond donors (Lipinski definition) is 1. The van der Waals surface area contributed by atoms with E-state index in [1.54, 1.807) is 24.3 Å². The Balaban J connectivity index is 2.46. The van der Waals surface area contributed by atoms with Gasteiger partial charge in [-0.3, -0.25) is 0 Å². The highest BCUT2D eigenvalue weighted by Crippen LogP contribution is 2.36. The lowest BCUT2D eigenvalue weighted by Gasteiger charge is -2.12. The summed E-state index contributed by atoms with van der Waals surface area (Å²) in [6.45, 7) is 1.90. The van der Waals surface area contributed by atoms with Crippen molar-refractivity contribution in [3.63, 3.8) is 0 Å². The van der Waals surface area contributed by atoms with E-state index in [0.29, 0.717) is 10.8 Å². The van der Waals surface area contributed by atoms with Crippen LogP contribution in [0.5, 0.6) is 11.5 Å². The monoisotopic (exact) mass is 296 g/mol. The van der Waals surface area contributed by atoms with Gasteiger partial charge in [-0.05, 0) is 36.8 Å². The molecule has 0 radical (unpaired) electrons. The summed E-state index contributed by atoms with van der Waals surface area (Å²) in [6, 6.07) is 9.76. The van der Waals surface area contributed by atoms with Crippen LogP contribution in [0.25, 0.3) is 0 Å². The molecule has 0 spiro atoms. The molecule has 3 nitrogen and oxygen atoms in total. The lowest BCUT2D eigenvalue weighted by molar-refractivity contribution is 0.0694. The second kappa shape index (κ2) is 5.51. The van der Waals surface area contributed by atoms with Crippen molar-refractivity contribution in [2.24, 2.45) is 0 Å². The fourth-order valence-electron chi connectivity index (χ4n) is 1.58. The molecule has 0 heterocycles. The number of benzene rings is 2. The molecule has 2 aromatic carbocycles. The number of hydrogen-bond acceptors (Lipinski definition) is 2. The Kier molecular flexibility index (Phi) is 3.98. The van der Waals surface area contributed by atoms with Crippen LogP contribution in [0.15, 0.2) is 36.4 Å². The molecule has 0 aliphatic heterocycles. The van der Waals surface area contributed by atoms with Gasteiger partial charge >= 0.3 is 5.97 Å². The zero-order valence-electron chi connectivity index (χ0n) is 9.98. The molecule has 0 aliphatic rings. The average Bonchev–Trinajstić information content (AvgIpc) is 2.34. The fourth-order valence-corrected chi connectivity index (χ4v) is 2.07. The molecule has 0 atom stereocenters. The minimum absolute atomic E-state index is 0.0101. The van der Waals surface area contributed by atoms with E-state index in [0.717, 1.165) is 5.56 Å². The van der Waals surface area contributed by atoms with Crippen LogP contribution in [0, 0.1) is 6.92 Å². The molecule has 0 aromatic heterocycles. The molecule has 0 aliphatic carbocycles. The van der Waals surface area contributed by atoms with E-state index in [2.05, 4.69) is 0 Å². The molecule has 0 saturated heterocycles. The van der Waals surface area contributed by atoms with Gasteiger partial charge in [-0.1, -0.05) is 35.3 Å². The molecule has 2 aromatic rings. The molecule has 0 amide bonds. The second-order valence-electron chi connectivity index (χ2n) is 3.96. The Labute approximate surface area is 120 Å². The van der Waals surface area contributed by atoms with Crippen LogP contribution in [0.1, 0.15) is 15.9 Å². The maximum absolute atomic E-state index is 11.1. The molecule has 98 valence electrons. The van der Waals surface area contributed by atoms with Gasteiger partial charge in [0.15, 0.2) is 5.75 Å². The molecule has 0 fully saturated rings. The van der Waals surface area contributed by atoms with E-state index in [9.17, 15) is 4.79 Å². The normalized spacial score (nSPS) is 10.3. The maximum Gasteiger partial charge on any atom is 0.339 e. The molecular formula is C14H10Cl2O3. The van der Waals surface area contributed by atoms with E-state index >= 15 is 0 Å². The van der Waals surface area contributed by atoms with Gasteiger partial charge in [-0.15, -0.1) is 0 Å². The summed E-state index contributed by atoms with van der Waals surface area (Å²) in [5.74, 6) is -0.661. The summed E-state index contributed by atoms with van der Waals surface area (Å²) in [5.41, 5.74) is 0.971. The maximum atomic E-state index is 11.1. The highest BCUT2D eigenvalue weighted by molar-refractivity contribution is 6.33. The summed E-state index contributed by atoms with van der Waals surface area (Å²) in [5, 5.41) is 9.73. The number of carbonyl (C=O) groups is 1. The van der Waals surface area contributed by atoms with Crippen LogP contribution in [0.2, 0.25) is 10.0 Å². The van der Waals surface area contributed by atoms with Crippen molar-refractivity contribution < 1.29 is 14.6 Å². The highest BCUT2D eigenvalue weighted by atomic mass is 35.5. The first-order valence-corrected chi connectivity index (χ1v) is 6.20. The van der Waals surface area contributed by atoms with Gasteiger partial charge < -0.3 is 9.84 Å². The van der Waals surface area contributed by atoms with E-state index in [1.807, 2.05) is 13.0 Å². The van der Waals surface area contributed by atoms with Crippen molar-refractivity contribution in [2.45, 2.75) is 6.92 Å². The van der Waals surface area contributed by atoms with Crippen molar-refractivity contribution in [3.05, 3.63) is 57.6 Å². The Hall–Kier alpha value is -1.71. The molecule has 19 heavy (non-hydrogen) atoms. The summed E-state index contributed by atoms with van der Waals surface area (Å²) in [4.78, 5) is 11.1. The predicted octanol–water partition coefficient (Wildman–Crippen LogP) is 4.79. The van der Waals surface area contributed by atoms with Crippen molar-refractivity contribution in [1.82, 2.24) is 0 Å². The van der Waals surface area contributed by atoms with E-state index in [4.69, 9.17) is 33.0 Å². The third-order valence-electron chi connectivity index (χ3n) is 2.50. The Morgan fingerprint density at radius 3 is 2.53 bits per heavy atom. The first-order valence-electron chi connectivity index (χ1n) is 5.45. The van der Waals surface area contributed by atoms with Crippen LogP contribution in [-0.2, 0) is 0 Å². The lowest BCUT2D eigenvalue weighted by Crippen LogP contribution is -2.00. The molecule has 0 bridgehead atoms. The van der Waals surface area contributed by atoms with E-state index in [-0.39, 0.29) is 16.3 Å². The van der Waals surface area contributed by atoms with Crippen molar-refractivity contribution >= 4 is 29.2 Å². The number of halogens is 2. The summed E-state index contributed by atoms with van der Waals surface area (Å²) < 4.78 is 5.54. The zero-order chi connectivity index (χ0) is 14.0. The standard InChI is InChI=1S/C14H10Cl2O3/c1-8-5-6-12(11(16)7-8)19-13-9(14(17)18)3-2-4-10(13)15/h2-7H,1H3,(H,17,18). The van der Waals surface area contributed by atoms with Gasteiger partial charge in [-0.25, -0.2) is 4.79 Å². The van der Waals surface area contributed by atoms with Gasteiger partial charge in [0.2, 0.25) is 0 Å². The van der Waals surface area contributed by atoms with E-state index < -0.39 is 5.97 Å². The van der Waals surface area contributed by atoms with Gasteiger partial charge in [-0.2, -0.15) is 0 Å². The van der Waals surface area contributed by atoms with Gasteiger partial charge in [0, 0.05) is 0 Å². The van der Waals surface area contributed by atoms with Gasteiger partial charge in [0.25, 0.3) is 0 Å². The second-order valence-corrected chi connectivity index (χ2v) is 4.77. The smallest absolute Gasteiger partial charge is 0.339 e. The average molecular weight is 297 g/mol. The number of aryl methyl sites for hydroxylation is 1. The Bertz CT molecular complexity index is 639. The van der Waals surface area contributed by atoms with Crippen molar-refractivity contribution in [1.29, 1.82) is 0 Å². The predicted molar refractivity (Wildman–Crippen MR) is 74.7 cm³/mol. The highest BCUT2D eigenvalue weighted by Gasteiger charge is 2.16. The summed E-state index contributed by atoms with van der Waals surface area (Å²) >= 11 is 12.0. The topological polar surface area (TPSA) is 46.5 Å². The third kappa shape index (κ3) is 3.00. The number of aromatic carboxylic acids is 1. The number of rotatable bonds is 3. The third-order valence-corrected chi connectivity index (χ3v) is 3.09. The fraction of sp³-hybridized carbons (Fsp3) is 0.0714. The summed E-state index contributed by atoms with van der Waals surface area (Å²) in [7, 11) is 0. The molecule has 5 heteroatoms. The minimum atomic E-state index is -1.11. The summed E-state index contributed by atoms with van der Waals surface area (Å²) in [6.07, 6.45) is 0. The van der Waals surface area contributed by atoms with Gasteiger partial charge in [0.05, 0.1) is 10.0 Å². The number of carboxylic acids is 1. The first-order chi connectivity index (χ1) is 8.99. The number of carboxylic acid groups (broad SMARTS) is 1. The Morgan fingerprint density at radius 2 is 1.89 bits per heavy atom. The van der Waals surface area contributed by atoms with Crippen LogP contribution >= 0.6 is 23.2 Å². The minimum Gasteiger partial charge on any atom is -0.478 e. The lowest BCUT2D eigenvalue weighted by atomic mass is 10.2. The number of ether oxygens (including phenoxy) is 1. The van der Waals surface area contributed by atoms with Crippen LogP contribution in [-0.4, -0.2) is 11.1 Å². The molecule has 2 rings (SSSR count). The van der Waals surface area contributed by atoms with E-state index in [1.165, 1.54) is 6.07 Å². The zero-order valence-corrected chi connectivity index (χ0v) is 11.5. The molecule has 0 unspecified atom stereocenters. The molecular weight excluding hydrogens is 287 g/mol. The van der Waals surface area contributed by atoms with Crippen LogP contribution in [0.3, 0.4) is 0 Å². The first kappa shape index (κ1) is 13.7. The largest absolute Gasteiger partial charge is 0.478 e. The van der Waals surface area contributed by atoms with Crippen molar-refractivity contribution in [3.8, 4) is 11.5 Å². The molecule has 1 N–H and O–H groups in total.